The molecule has 146 valence electrons. The van der Waals surface area contributed by atoms with E-state index in [0.717, 1.165) is 0 Å². The first kappa shape index (κ1) is 19.4. The zero-order valence-electron chi connectivity index (χ0n) is 15.1. The van der Waals surface area contributed by atoms with E-state index in [1.165, 1.54) is 0 Å². The van der Waals surface area contributed by atoms with Gasteiger partial charge >= 0.3 is 0 Å². The standard InChI is InChI=1S/C18H22ClN3O5/c1-25-12-2-3-14(19)13(10-12)15-11-16(27-21-15)18(24)20-5-4-17(23)22-6-8-26-9-7-22/h2-3,10,16H,4-9,11H2,1H3,(H,20,24). The normalized spacial score (nSPS) is 19.3. The lowest BCUT2D eigenvalue weighted by Crippen LogP contribution is -2.42. The van der Waals surface area contributed by atoms with E-state index in [-0.39, 0.29) is 24.8 Å². The lowest BCUT2D eigenvalue weighted by atomic mass is 10.0. The van der Waals surface area contributed by atoms with Gasteiger partial charge in [0.2, 0.25) is 12.0 Å². The van der Waals surface area contributed by atoms with Crippen LogP contribution >= 0.6 is 11.6 Å². The summed E-state index contributed by atoms with van der Waals surface area (Å²) in [5, 5.41) is 7.23. The largest absolute Gasteiger partial charge is 0.497 e. The van der Waals surface area contributed by atoms with Crippen LogP contribution in [0.1, 0.15) is 18.4 Å². The highest BCUT2D eigenvalue weighted by Crippen LogP contribution is 2.27. The minimum atomic E-state index is -0.735. The Morgan fingerprint density at radius 2 is 2.15 bits per heavy atom. The molecule has 1 aromatic rings. The number of morpholine rings is 1. The lowest BCUT2D eigenvalue weighted by molar-refractivity contribution is -0.135. The highest BCUT2D eigenvalue weighted by atomic mass is 35.5. The molecule has 0 radical (unpaired) electrons. The number of amides is 2. The van der Waals surface area contributed by atoms with Gasteiger partial charge in [-0.3, -0.25) is 9.59 Å². The van der Waals surface area contributed by atoms with E-state index in [2.05, 4.69) is 10.5 Å². The van der Waals surface area contributed by atoms with Crippen LogP contribution in [0.5, 0.6) is 5.75 Å². The molecule has 27 heavy (non-hydrogen) atoms. The van der Waals surface area contributed by atoms with E-state index in [0.29, 0.717) is 54.8 Å². The number of carbonyl (C=O) groups excluding carboxylic acids is 2. The summed E-state index contributed by atoms with van der Waals surface area (Å²) in [5.41, 5.74) is 1.26. The fourth-order valence-corrected chi connectivity index (χ4v) is 3.13. The first-order valence-electron chi connectivity index (χ1n) is 8.78. The van der Waals surface area contributed by atoms with Crippen molar-refractivity contribution in [1.29, 1.82) is 0 Å². The van der Waals surface area contributed by atoms with Crippen molar-refractivity contribution in [3.63, 3.8) is 0 Å². The van der Waals surface area contributed by atoms with Crippen LogP contribution in [0, 0.1) is 0 Å². The van der Waals surface area contributed by atoms with E-state index < -0.39 is 6.10 Å². The van der Waals surface area contributed by atoms with Gasteiger partial charge in [0, 0.05) is 38.0 Å². The van der Waals surface area contributed by atoms with Gasteiger partial charge in [-0.2, -0.15) is 0 Å². The molecule has 0 saturated carbocycles. The zero-order chi connectivity index (χ0) is 19.2. The number of ether oxygens (including phenoxy) is 2. The molecule has 2 heterocycles. The van der Waals surface area contributed by atoms with Crippen molar-refractivity contribution in [2.75, 3.05) is 40.0 Å². The fraction of sp³-hybridized carbons (Fsp3) is 0.500. The smallest absolute Gasteiger partial charge is 0.264 e. The minimum Gasteiger partial charge on any atom is -0.497 e. The first-order valence-corrected chi connectivity index (χ1v) is 9.16. The van der Waals surface area contributed by atoms with E-state index in [9.17, 15) is 9.59 Å². The van der Waals surface area contributed by atoms with Crippen LogP contribution in [0.25, 0.3) is 0 Å². The Kier molecular flexibility index (Phi) is 6.52. The molecule has 2 aliphatic rings. The van der Waals surface area contributed by atoms with Crippen molar-refractivity contribution in [2.45, 2.75) is 18.9 Å². The Labute approximate surface area is 162 Å². The van der Waals surface area contributed by atoms with Crippen LogP contribution in [0.15, 0.2) is 23.4 Å². The molecule has 3 rings (SSSR count). The van der Waals surface area contributed by atoms with E-state index in [1.54, 1.807) is 30.2 Å². The van der Waals surface area contributed by atoms with Crippen molar-refractivity contribution in [2.24, 2.45) is 5.16 Å². The number of methoxy groups -OCH3 is 1. The van der Waals surface area contributed by atoms with Crippen molar-refractivity contribution < 1.29 is 23.9 Å². The second-order valence-corrected chi connectivity index (χ2v) is 6.62. The van der Waals surface area contributed by atoms with Crippen molar-refractivity contribution in [3.8, 4) is 5.75 Å². The molecule has 0 spiro atoms. The molecule has 0 aromatic heterocycles. The molecule has 1 atom stereocenters. The Balaban J connectivity index is 1.46. The predicted molar refractivity (Wildman–Crippen MR) is 99.1 cm³/mol. The Hall–Kier alpha value is -2.32. The van der Waals surface area contributed by atoms with Crippen LogP contribution in [0.4, 0.5) is 0 Å². The number of hydrogen-bond acceptors (Lipinski definition) is 6. The Bertz CT molecular complexity index is 734. The van der Waals surface area contributed by atoms with Gasteiger partial charge in [0.25, 0.3) is 5.91 Å². The number of nitrogens with one attached hydrogen (secondary N) is 1. The van der Waals surface area contributed by atoms with Gasteiger partial charge in [0.1, 0.15) is 5.75 Å². The average molecular weight is 396 g/mol. The Morgan fingerprint density at radius 3 is 2.89 bits per heavy atom. The van der Waals surface area contributed by atoms with Gasteiger partial charge in [0.15, 0.2) is 0 Å². The van der Waals surface area contributed by atoms with Crippen molar-refractivity contribution in [3.05, 3.63) is 28.8 Å². The molecular weight excluding hydrogens is 374 g/mol. The number of hydrogen-bond donors (Lipinski definition) is 1. The molecule has 1 aromatic carbocycles. The number of halogens is 1. The number of oxime groups is 1. The third-order valence-electron chi connectivity index (χ3n) is 4.45. The SMILES string of the molecule is COc1ccc(Cl)c(C2=NOC(C(=O)NCCC(=O)N3CCOCC3)C2)c1. The maximum atomic E-state index is 12.3. The molecule has 9 heteroatoms. The van der Waals surface area contributed by atoms with Crippen molar-refractivity contribution >= 4 is 29.1 Å². The molecule has 1 fully saturated rings. The molecule has 1 saturated heterocycles. The summed E-state index contributed by atoms with van der Waals surface area (Å²) in [4.78, 5) is 31.3. The quantitative estimate of drug-likeness (QED) is 0.782. The molecule has 2 amide bonds. The predicted octanol–water partition coefficient (Wildman–Crippen LogP) is 1.21. The molecule has 2 aliphatic heterocycles. The molecule has 1 unspecified atom stereocenters. The summed E-state index contributed by atoms with van der Waals surface area (Å²) in [6, 6.07) is 5.21. The lowest BCUT2D eigenvalue weighted by Gasteiger charge is -2.26. The number of carbonyl (C=O) groups is 2. The average Bonchev–Trinajstić information content (AvgIpc) is 3.19. The highest BCUT2D eigenvalue weighted by molar-refractivity contribution is 6.34. The van der Waals surface area contributed by atoms with Gasteiger partial charge in [-0.15, -0.1) is 0 Å². The molecule has 8 nitrogen and oxygen atoms in total. The van der Waals surface area contributed by atoms with Crippen molar-refractivity contribution in [1.82, 2.24) is 10.2 Å². The van der Waals surface area contributed by atoms with Crippen LogP contribution < -0.4 is 10.1 Å². The summed E-state index contributed by atoms with van der Waals surface area (Å²) in [5.74, 6) is 0.347. The van der Waals surface area contributed by atoms with Gasteiger partial charge in [0.05, 0.1) is 31.1 Å². The van der Waals surface area contributed by atoms with E-state index in [1.807, 2.05) is 0 Å². The van der Waals surface area contributed by atoms with E-state index in [4.69, 9.17) is 25.9 Å². The Morgan fingerprint density at radius 1 is 1.37 bits per heavy atom. The second kappa shape index (κ2) is 9.05. The van der Waals surface area contributed by atoms with Crippen LogP contribution in [-0.4, -0.2) is 68.5 Å². The van der Waals surface area contributed by atoms with Gasteiger partial charge in [-0.25, -0.2) is 0 Å². The summed E-state index contributed by atoms with van der Waals surface area (Å²) >= 11 is 6.21. The number of nitrogens with zero attached hydrogens (tertiary/aromatic N) is 2. The number of rotatable bonds is 6. The molecule has 0 aliphatic carbocycles. The maximum Gasteiger partial charge on any atom is 0.264 e. The fourth-order valence-electron chi connectivity index (χ4n) is 2.91. The third kappa shape index (κ3) is 4.90. The third-order valence-corrected chi connectivity index (χ3v) is 4.78. The van der Waals surface area contributed by atoms with Gasteiger partial charge < -0.3 is 24.5 Å². The van der Waals surface area contributed by atoms with Crippen LogP contribution in [-0.2, 0) is 19.2 Å². The van der Waals surface area contributed by atoms with Crippen LogP contribution in [0.2, 0.25) is 5.02 Å². The summed E-state index contributed by atoms with van der Waals surface area (Å²) < 4.78 is 10.4. The van der Waals surface area contributed by atoms with Gasteiger partial charge in [-0.1, -0.05) is 16.8 Å². The molecular formula is C18H22ClN3O5. The number of benzene rings is 1. The molecule has 1 N–H and O–H groups in total. The second-order valence-electron chi connectivity index (χ2n) is 6.22. The van der Waals surface area contributed by atoms with E-state index >= 15 is 0 Å². The summed E-state index contributed by atoms with van der Waals surface area (Å²) in [6.45, 7) is 2.56. The topological polar surface area (TPSA) is 89.5 Å². The summed E-state index contributed by atoms with van der Waals surface area (Å²) in [6.07, 6.45) is -0.190. The molecule has 0 bridgehead atoms. The first-order chi connectivity index (χ1) is 13.1. The monoisotopic (exact) mass is 395 g/mol. The zero-order valence-corrected chi connectivity index (χ0v) is 15.8. The maximum absolute atomic E-state index is 12.3. The van der Waals surface area contributed by atoms with Crippen LogP contribution in [0.3, 0.4) is 0 Å². The van der Waals surface area contributed by atoms with Gasteiger partial charge in [-0.05, 0) is 18.2 Å². The summed E-state index contributed by atoms with van der Waals surface area (Å²) in [7, 11) is 1.56. The highest BCUT2D eigenvalue weighted by Gasteiger charge is 2.30. The minimum absolute atomic E-state index is 0.00559.